The number of hydrogen-bond acceptors (Lipinski definition) is 1. The summed E-state index contributed by atoms with van der Waals surface area (Å²) in [6.07, 6.45) is 0. The summed E-state index contributed by atoms with van der Waals surface area (Å²) in [5, 5.41) is 8.50. The Morgan fingerprint density at radius 3 is 2.60 bits per heavy atom. The summed E-state index contributed by atoms with van der Waals surface area (Å²) in [7, 11) is 0. The predicted molar refractivity (Wildman–Crippen MR) is 38.8 cm³/mol. The summed E-state index contributed by atoms with van der Waals surface area (Å²) < 4.78 is 0.910. The second-order valence-corrected chi connectivity index (χ2v) is 2.94. The van der Waals surface area contributed by atoms with Gasteiger partial charge in [0.15, 0.2) is 0 Å². The van der Waals surface area contributed by atoms with Crippen LogP contribution in [0.15, 0.2) is 24.3 Å². The van der Waals surface area contributed by atoms with Crippen LogP contribution in [-0.4, -0.2) is 27.9 Å². The standard InChI is InChI=1S/C7H5AsO2/c8-6-3-1-2-5(4-6)7(9)10/h1-4H,(H,9,10). The van der Waals surface area contributed by atoms with E-state index < -0.39 is 5.97 Å². The van der Waals surface area contributed by atoms with Crippen LogP contribution < -0.4 is 4.35 Å². The van der Waals surface area contributed by atoms with Crippen LogP contribution >= 0.6 is 0 Å². The normalized spacial score (nSPS) is 9.30. The second kappa shape index (κ2) is 2.89. The molecule has 3 heteroatoms. The Hall–Kier alpha value is -0.752. The monoisotopic (exact) mass is 196 g/mol. The Kier molecular flexibility index (Phi) is 2.13. The van der Waals surface area contributed by atoms with Crippen LogP contribution in [0.1, 0.15) is 10.4 Å². The van der Waals surface area contributed by atoms with E-state index in [1.165, 1.54) is 0 Å². The third-order valence-corrected chi connectivity index (χ3v) is 1.68. The third-order valence-electron chi connectivity index (χ3n) is 1.09. The van der Waals surface area contributed by atoms with Crippen molar-refractivity contribution < 1.29 is 9.90 Å². The first kappa shape index (κ1) is 7.36. The third kappa shape index (κ3) is 1.61. The van der Waals surface area contributed by atoms with Gasteiger partial charge >= 0.3 is 66.9 Å². The first-order valence-electron chi connectivity index (χ1n) is 2.72. The fourth-order valence-corrected chi connectivity index (χ4v) is 1.11. The first-order chi connectivity index (χ1) is 4.70. The average Bonchev–Trinajstić information content (AvgIpc) is 1.88. The molecule has 0 atom stereocenters. The van der Waals surface area contributed by atoms with Crippen LogP contribution in [0.25, 0.3) is 0 Å². The number of carboxylic acids is 1. The van der Waals surface area contributed by atoms with Gasteiger partial charge in [0.1, 0.15) is 0 Å². The van der Waals surface area contributed by atoms with Crippen molar-refractivity contribution in [2.24, 2.45) is 0 Å². The van der Waals surface area contributed by atoms with Crippen molar-refractivity contribution in [1.82, 2.24) is 0 Å². The van der Waals surface area contributed by atoms with E-state index in [1.807, 2.05) is 6.07 Å². The molecule has 2 radical (unpaired) electrons. The number of aromatic carboxylic acids is 1. The number of carbonyl (C=O) groups is 1. The van der Waals surface area contributed by atoms with Gasteiger partial charge in [0.25, 0.3) is 0 Å². The molecular weight excluding hydrogens is 191 g/mol. The number of carboxylic acid groups (broad SMARTS) is 1. The molecule has 10 heavy (non-hydrogen) atoms. The zero-order chi connectivity index (χ0) is 7.56. The van der Waals surface area contributed by atoms with Crippen molar-refractivity contribution in [3.05, 3.63) is 29.8 Å². The number of hydrogen-bond donors (Lipinski definition) is 1. The van der Waals surface area contributed by atoms with Crippen molar-refractivity contribution in [2.75, 3.05) is 0 Å². The molecule has 1 N–H and O–H groups in total. The van der Waals surface area contributed by atoms with Gasteiger partial charge in [-0.3, -0.25) is 0 Å². The van der Waals surface area contributed by atoms with Gasteiger partial charge in [-0.1, -0.05) is 0 Å². The molecule has 0 aliphatic heterocycles. The van der Waals surface area contributed by atoms with Crippen LogP contribution in [0.5, 0.6) is 0 Å². The fourth-order valence-electron chi connectivity index (χ4n) is 0.639. The van der Waals surface area contributed by atoms with Gasteiger partial charge in [-0.25, -0.2) is 0 Å². The summed E-state index contributed by atoms with van der Waals surface area (Å²) in [5.41, 5.74) is 0.332. The Bertz CT molecular complexity index is 258. The molecule has 0 aromatic heterocycles. The van der Waals surface area contributed by atoms with E-state index in [1.54, 1.807) is 18.2 Å². The summed E-state index contributed by atoms with van der Waals surface area (Å²) in [6, 6.07) is 6.74. The molecule has 2 nitrogen and oxygen atoms in total. The van der Waals surface area contributed by atoms with Crippen molar-refractivity contribution in [2.45, 2.75) is 0 Å². The molecule has 1 rings (SSSR count). The quantitative estimate of drug-likeness (QED) is 0.650. The molecule has 0 saturated carbocycles. The number of benzene rings is 1. The van der Waals surface area contributed by atoms with E-state index in [0.717, 1.165) is 4.35 Å². The van der Waals surface area contributed by atoms with Crippen LogP contribution in [0.4, 0.5) is 0 Å². The molecule has 0 saturated heterocycles. The molecule has 50 valence electrons. The summed E-state index contributed by atoms with van der Waals surface area (Å²) >= 11 is 2.30. The Labute approximate surface area is 67.4 Å². The maximum absolute atomic E-state index is 10.3. The van der Waals surface area contributed by atoms with Crippen LogP contribution in [-0.2, 0) is 0 Å². The van der Waals surface area contributed by atoms with E-state index in [9.17, 15) is 4.79 Å². The zero-order valence-electron chi connectivity index (χ0n) is 5.11. The molecule has 1 aromatic carbocycles. The summed E-state index contributed by atoms with van der Waals surface area (Å²) in [5.74, 6) is -0.882. The van der Waals surface area contributed by atoms with E-state index in [0.29, 0.717) is 5.56 Å². The van der Waals surface area contributed by atoms with Gasteiger partial charge in [-0.15, -0.1) is 0 Å². The van der Waals surface area contributed by atoms with Crippen molar-refractivity contribution in [3.8, 4) is 0 Å². The summed E-state index contributed by atoms with van der Waals surface area (Å²) in [6.45, 7) is 0. The van der Waals surface area contributed by atoms with Gasteiger partial charge in [0.05, 0.1) is 0 Å². The molecule has 0 spiro atoms. The average molecular weight is 196 g/mol. The van der Waals surface area contributed by atoms with E-state index >= 15 is 0 Å². The minimum atomic E-state index is -0.882. The second-order valence-electron chi connectivity index (χ2n) is 1.86. The topological polar surface area (TPSA) is 37.3 Å². The molecule has 0 bridgehead atoms. The number of rotatable bonds is 1. The fraction of sp³-hybridized carbons (Fsp3) is 0. The van der Waals surface area contributed by atoms with Crippen LogP contribution in [0, 0.1) is 0 Å². The van der Waals surface area contributed by atoms with Crippen LogP contribution in [0.3, 0.4) is 0 Å². The van der Waals surface area contributed by atoms with Crippen molar-refractivity contribution >= 4 is 27.2 Å². The SMILES string of the molecule is O=C(O)c1cccc([As])c1. The predicted octanol–water partition coefficient (Wildman–Crippen LogP) is 0.179. The molecule has 1 aromatic rings. The molecule has 0 aliphatic rings. The zero-order valence-corrected chi connectivity index (χ0v) is 6.99. The Morgan fingerprint density at radius 2 is 2.20 bits per heavy atom. The van der Waals surface area contributed by atoms with Gasteiger partial charge in [-0.05, 0) is 0 Å². The summed E-state index contributed by atoms with van der Waals surface area (Å²) in [4.78, 5) is 10.3. The molecule has 0 amide bonds. The molecule has 0 unspecified atom stereocenters. The molecule has 0 heterocycles. The first-order valence-corrected chi connectivity index (χ1v) is 3.66. The Balaban J connectivity index is 3.07. The maximum atomic E-state index is 10.3. The Morgan fingerprint density at radius 1 is 1.50 bits per heavy atom. The van der Waals surface area contributed by atoms with Crippen molar-refractivity contribution in [1.29, 1.82) is 0 Å². The van der Waals surface area contributed by atoms with E-state index in [2.05, 4.69) is 16.9 Å². The van der Waals surface area contributed by atoms with Gasteiger partial charge < -0.3 is 0 Å². The van der Waals surface area contributed by atoms with Gasteiger partial charge in [-0.2, -0.15) is 0 Å². The molecule has 0 aliphatic carbocycles. The van der Waals surface area contributed by atoms with Crippen LogP contribution in [0.2, 0.25) is 0 Å². The molecular formula is C7H5AsO2. The molecule has 0 fully saturated rings. The van der Waals surface area contributed by atoms with E-state index in [-0.39, 0.29) is 0 Å². The minimum absolute atomic E-state index is 0.332. The van der Waals surface area contributed by atoms with Crippen molar-refractivity contribution in [3.63, 3.8) is 0 Å². The van der Waals surface area contributed by atoms with E-state index in [4.69, 9.17) is 5.11 Å². The van der Waals surface area contributed by atoms with Gasteiger partial charge in [0, 0.05) is 0 Å². The van der Waals surface area contributed by atoms with Gasteiger partial charge in [0.2, 0.25) is 0 Å².